The van der Waals surface area contributed by atoms with Crippen molar-refractivity contribution in [3.63, 3.8) is 0 Å². The summed E-state index contributed by atoms with van der Waals surface area (Å²) in [6.45, 7) is 24.4. The van der Waals surface area contributed by atoms with Crippen molar-refractivity contribution >= 4 is 35.8 Å². The molecule has 2 N–H and O–H groups in total. The second-order valence-corrected chi connectivity index (χ2v) is 31.2. The van der Waals surface area contributed by atoms with Crippen LogP contribution in [0.5, 0.6) is 0 Å². The number of carbonyl (C=O) groups is 6. The summed E-state index contributed by atoms with van der Waals surface area (Å²) in [5.74, 6) is -0.616. The van der Waals surface area contributed by atoms with Crippen LogP contribution in [0.25, 0.3) is 0 Å². The monoisotopic (exact) mass is 1230 g/mol. The molecule has 490 valence electrons. The standard InChI is InChI=1S/C18H30O2.C16H22F6O3.C16H22O6.C16H26O3/c1-5-17(3,4)16(19)20-18(6-2)14-8-12-7-13(10-14)11-15(18)9-12;1-4-13(2,3)12(23)25-11-7-8-5-9(11)6-10(8)14(24,15(17,18)19)16(20,21)22;1-4-16(2,3)15(19)20-7-11(17)21-12-8-5-9-10(6-8)14(18)22-13(9)12;1-4-14(2,3)13(17)19-16-8-11-5-12(9-16)7-15(18,6-11)10-16/h12-15H,5-11H2,1-4H3;8-11,24H,4-7H2,1-3H3;8-10,12-13H,4-7H2,1-3H3;11-12,18H,4-10H2,1-3H3. The third-order valence-corrected chi connectivity index (χ3v) is 23.8. The van der Waals surface area contributed by atoms with Gasteiger partial charge in [-0.3, -0.25) is 24.0 Å². The van der Waals surface area contributed by atoms with Gasteiger partial charge >= 0.3 is 48.2 Å². The molecule has 1 heterocycles. The first-order valence-electron chi connectivity index (χ1n) is 32.5. The molecule has 12 saturated carbocycles. The van der Waals surface area contributed by atoms with Gasteiger partial charge in [0.2, 0.25) is 0 Å². The molecule has 14 nitrogen and oxygen atoms in total. The molecule has 11 unspecified atom stereocenters. The van der Waals surface area contributed by atoms with Crippen LogP contribution in [0.15, 0.2) is 0 Å². The zero-order valence-corrected chi connectivity index (χ0v) is 53.3. The highest BCUT2D eigenvalue weighted by Crippen LogP contribution is 2.64. The first kappa shape index (κ1) is 68.2. The first-order valence-corrected chi connectivity index (χ1v) is 32.5. The minimum absolute atomic E-state index is 0.00636. The van der Waals surface area contributed by atoms with E-state index in [-0.39, 0.29) is 83.9 Å². The Morgan fingerprint density at radius 1 is 0.558 bits per heavy atom. The summed E-state index contributed by atoms with van der Waals surface area (Å²) in [6.07, 6.45) is 4.27. The molecule has 11 atom stereocenters. The molecular weight excluding hydrogens is 1130 g/mol. The van der Waals surface area contributed by atoms with E-state index in [1.54, 1.807) is 34.6 Å². The topological polar surface area (TPSA) is 198 Å². The highest BCUT2D eigenvalue weighted by Gasteiger charge is 2.77. The fourth-order valence-electron chi connectivity index (χ4n) is 17.6. The van der Waals surface area contributed by atoms with Crippen LogP contribution in [0, 0.1) is 92.7 Å². The summed E-state index contributed by atoms with van der Waals surface area (Å²) in [7, 11) is 0. The van der Waals surface area contributed by atoms with Gasteiger partial charge in [-0.25, -0.2) is 4.79 Å². The number of esters is 6. The molecule has 12 bridgehead atoms. The summed E-state index contributed by atoms with van der Waals surface area (Å²) in [5.41, 5.74) is -7.89. The van der Waals surface area contributed by atoms with Gasteiger partial charge in [0.1, 0.15) is 29.5 Å². The lowest BCUT2D eigenvalue weighted by Crippen LogP contribution is -2.63. The summed E-state index contributed by atoms with van der Waals surface area (Å²) in [4.78, 5) is 72.5. The van der Waals surface area contributed by atoms with Crippen LogP contribution in [0.1, 0.15) is 225 Å². The molecule has 13 rings (SSSR count). The van der Waals surface area contributed by atoms with Crippen molar-refractivity contribution in [1.29, 1.82) is 0 Å². The summed E-state index contributed by atoms with van der Waals surface area (Å²) in [6, 6.07) is 0. The van der Waals surface area contributed by atoms with Crippen molar-refractivity contribution in [2.75, 3.05) is 6.61 Å². The molecule has 0 aromatic rings. The highest BCUT2D eigenvalue weighted by atomic mass is 19.4. The largest absolute Gasteiger partial charge is 0.462 e. The van der Waals surface area contributed by atoms with Crippen molar-refractivity contribution in [2.24, 2.45) is 92.7 Å². The number of fused-ring (bicyclic) bond motifs is 3. The van der Waals surface area contributed by atoms with E-state index in [1.807, 2.05) is 41.5 Å². The molecular formula is C66H100F6O14. The van der Waals surface area contributed by atoms with Gasteiger partial charge in [-0.1, -0.05) is 34.6 Å². The van der Waals surface area contributed by atoms with Gasteiger partial charge in [-0.15, -0.1) is 0 Å². The highest BCUT2D eigenvalue weighted by molar-refractivity contribution is 5.81. The van der Waals surface area contributed by atoms with Crippen molar-refractivity contribution in [2.45, 2.75) is 278 Å². The van der Waals surface area contributed by atoms with E-state index in [4.69, 9.17) is 28.4 Å². The van der Waals surface area contributed by atoms with E-state index in [0.717, 1.165) is 69.6 Å². The summed E-state index contributed by atoms with van der Waals surface area (Å²) in [5, 5.41) is 20.2. The van der Waals surface area contributed by atoms with E-state index in [2.05, 4.69) is 13.8 Å². The van der Waals surface area contributed by atoms with Crippen LogP contribution in [0.3, 0.4) is 0 Å². The third kappa shape index (κ3) is 13.1. The Morgan fingerprint density at radius 3 is 1.51 bits per heavy atom. The van der Waals surface area contributed by atoms with E-state index < -0.39 is 88.0 Å². The molecule has 0 spiro atoms. The van der Waals surface area contributed by atoms with E-state index >= 15 is 0 Å². The predicted molar refractivity (Wildman–Crippen MR) is 303 cm³/mol. The Bertz CT molecular complexity index is 2460. The maximum Gasteiger partial charge on any atom is 0.426 e. The number of rotatable bonds is 16. The molecule has 0 aromatic heterocycles. The quantitative estimate of drug-likeness (QED) is 0.0840. The molecule has 13 fully saturated rings. The van der Waals surface area contributed by atoms with Gasteiger partial charge in [-0.2, -0.15) is 26.3 Å². The SMILES string of the molecule is CCC(C)(C)C(=O)OC1(CC)C2CC3CC(C2)CC1C3.CCC(C)(C)C(=O)OC12CC3CC(CC(O)(C3)C1)C2.CCC(C)(C)C(=O)OC1CC2CC1CC2C(O)(C(F)(F)F)C(F)(F)F.CCC(C)(C)C(=O)OCC(=O)OC1C2CC3C(=O)OC1C3C2. The van der Waals surface area contributed by atoms with Crippen LogP contribution < -0.4 is 0 Å². The molecule has 12 aliphatic carbocycles. The molecule has 1 aliphatic heterocycles. The Hall–Kier alpha value is -3.68. The van der Waals surface area contributed by atoms with Crippen LogP contribution in [0.2, 0.25) is 0 Å². The van der Waals surface area contributed by atoms with E-state index in [0.29, 0.717) is 42.9 Å². The Labute approximate surface area is 505 Å². The Balaban J connectivity index is 0.000000150. The van der Waals surface area contributed by atoms with Gasteiger partial charge < -0.3 is 38.6 Å². The van der Waals surface area contributed by atoms with Crippen LogP contribution in [-0.2, 0) is 57.2 Å². The number of aliphatic hydroxyl groups is 2. The first-order chi connectivity index (χ1) is 39.6. The lowest BCUT2D eigenvalue weighted by atomic mass is 9.49. The Kier molecular flexibility index (Phi) is 19.2. The molecule has 86 heavy (non-hydrogen) atoms. The lowest BCUT2D eigenvalue weighted by Gasteiger charge is -2.60. The molecule has 1 saturated heterocycles. The Morgan fingerprint density at radius 2 is 1.05 bits per heavy atom. The lowest BCUT2D eigenvalue weighted by molar-refractivity contribution is -0.389. The smallest absolute Gasteiger partial charge is 0.426 e. The van der Waals surface area contributed by atoms with Crippen molar-refractivity contribution in [3.8, 4) is 0 Å². The van der Waals surface area contributed by atoms with Crippen LogP contribution in [-0.4, -0.2) is 106 Å². The molecule has 13 aliphatic rings. The second kappa shape index (κ2) is 24.2. The fourth-order valence-corrected chi connectivity index (χ4v) is 17.6. The molecule has 0 amide bonds. The number of hydrogen-bond donors (Lipinski definition) is 2. The van der Waals surface area contributed by atoms with E-state index in [9.17, 15) is 65.3 Å². The zero-order chi connectivity index (χ0) is 63.9. The summed E-state index contributed by atoms with van der Waals surface area (Å²) >= 11 is 0. The zero-order valence-electron chi connectivity index (χ0n) is 53.3. The molecule has 20 heteroatoms. The maximum absolute atomic E-state index is 13.0. The number of ether oxygens (including phenoxy) is 6. The number of alkyl halides is 6. The molecule has 0 aromatic carbocycles. The van der Waals surface area contributed by atoms with E-state index in [1.165, 1.54) is 38.5 Å². The van der Waals surface area contributed by atoms with Gasteiger partial charge in [0, 0.05) is 24.2 Å². The van der Waals surface area contributed by atoms with Crippen LogP contribution in [0.4, 0.5) is 26.3 Å². The van der Waals surface area contributed by atoms with Gasteiger partial charge in [0.15, 0.2) is 6.61 Å². The van der Waals surface area contributed by atoms with Crippen molar-refractivity contribution < 1.29 is 93.7 Å². The fraction of sp³-hybridized carbons (Fsp3) is 0.909. The average Bonchev–Trinajstić information content (AvgIpc) is 1.05. The normalized spacial score (nSPS) is 37.7. The van der Waals surface area contributed by atoms with Gasteiger partial charge in [0.25, 0.3) is 5.60 Å². The maximum atomic E-state index is 13.0. The van der Waals surface area contributed by atoms with Crippen molar-refractivity contribution in [3.05, 3.63) is 0 Å². The number of halogens is 6. The molecule has 0 radical (unpaired) electrons. The minimum Gasteiger partial charge on any atom is -0.462 e. The van der Waals surface area contributed by atoms with Crippen molar-refractivity contribution in [1.82, 2.24) is 0 Å². The third-order valence-electron chi connectivity index (χ3n) is 23.8. The van der Waals surface area contributed by atoms with Crippen LogP contribution >= 0.6 is 0 Å². The summed E-state index contributed by atoms with van der Waals surface area (Å²) < 4.78 is 112. The minimum atomic E-state index is -5.81. The average molecular weight is 1230 g/mol. The predicted octanol–water partition coefficient (Wildman–Crippen LogP) is 13.3. The number of carbonyl (C=O) groups excluding carboxylic acids is 6. The number of hydrogen-bond acceptors (Lipinski definition) is 14. The van der Waals surface area contributed by atoms with Gasteiger partial charge in [0.05, 0.1) is 33.2 Å². The van der Waals surface area contributed by atoms with Gasteiger partial charge in [-0.05, 0) is 231 Å². The second-order valence-electron chi connectivity index (χ2n) is 31.2.